The van der Waals surface area contributed by atoms with Gasteiger partial charge in [-0.05, 0) is 0 Å². The molecule has 0 N–H and O–H groups in total. The van der Waals surface area contributed by atoms with Gasteiger partial charge >= 0.3 is 111 Å². The van der Waals surface area contributed by atoms with Crippen molar-refractivity contribution in [1.29, 1.82) is 0 Å². The van der Waals surface area contributed by atoms with Crippen molar-refractivity contribution in [3.05, 3.63) is 0 Å². The quantitative estimate of drug-likeness (QED) is 0.368. The molecule has 0 radical (unpaired) electrons. The van der Waals surface area contributed by atoms with Crippen molar-refractivity contribution >= 4 is 19.7 Å². The molecule has 0 spiro atoms. The van der Waals surface area contributed by atoms with E-state index >= 15 is 0 Å². The third-order valence-electron chi connectivity index (χ3n) is 4.24. The second kappa shape index (κ2) is 14.1. The molecule has 0 saturated carbocycles. The van der Waals surface area contributed by atoms with Crippen molar-refractivity contribution in [3.8, 4) is 0 Å². The molecule has 18 heavy (non-hydrogen) atoms. The van der Waals surface area contributed by atoms with Crippen LogP contribution >= 0.6 is 19.7 Å². The fourth-order valence-corrected chi connectivity index (χ4v) is 8.87. The molecule has 0 aliphatic rings. The first-order chi connectivity index (χ1) is 8.24. The zero-order chi connectivity index (χ0) is 13.0. The van der Waals surface area contributed by atoms with E-state index < -0.39 is 7.26 Å². The number of halogens is 1. The van der Waals surface area contributed by atoms with Crippen molar-refractivity contribution in [1.82, 2.24) is 0 Å². The Hall–Kier alpha value is 0.720. The summed E-state index contributed by atoms with van der Waals surface area (Å²) in [5, 5.41) is 0. The summed E-state index contributed by atoms with van der Waals surface area (Å²) >= 11 is 0. The molecule has 0 aliphatic heterocycles. The van der Waals surface area contributed by atoms with Gasteiger partial charge in [-0.25, -0.2) is 0 Å². The Kier molecular flexibility index (Phi) is 16.5. The standard InChI is InChI=1S/C16H37P.ClH/c1-5-9-13-17(14-10-6-2,15-11-7-3)16-12-8-4;/h17H,5-16H2,1-4H3;1H. The molecule has 0 rings (SSSR count). The normalized spacial score (nSPS) is 12.2. The smallest absolute Gasteiger partial charge is 0.147 e. The number of rotatable bonds is 12. The van der Waals surface area contributed by atoms with Crippen LogP contribution in [0.2, 0.25) is 0 Å². The Morgan fingerprint density at radius 1 is 0.500 bits per heavy atom. The summed E-state index contributed by atoms with van der Waals surface area (Å²) in [6.45, 7) is 9.44. The Balaban J connectivity index is 0. The van der Waals surface area contributed by atoms with E-state index in [-0.39, 0.29) is 12.4 Å². The molecule has 0 unspecified atom stereocenters. The first kappa shape index (κ1) is 21.0. The van der Waals surface area contributed by atoms with E-state index in [1.807, 2.05) is 0 Å². The number of hydrogen-bond donors (Lipinski definition) is 0. The largest absolute Gasteiger partial charge is 0.147 e. The molecule has 0 nitrogen and oxygen atoms in total. The summed E-state index contributed by atoms with van der Waals surface area (Å²) in [6.07, 6.45) is 18.1. The summed E-state index contributed by atoms with van der Waals surface area (Å²) in [6, 6.07) is 0. The van der Waals surface area contributed by atoms with Crippen molar-refractivity contribution in [2.75, 3.05) is 24.6 Å². The van der Waals surface area contributed by atoms with Gasteiger partial charge in [-0.15, -0.1) is 12.4 Å². The third kappa shape index (κ3) is 9.62. The molecule has 114 valence electrons. The van der Waals surface area contributed by atoms with Gasteiger partial charge in [-0.3, -0.25) is 0 Å². The minimum atomic E-state index is -0.879. The van der Waals surface area contributed by atoms with Crippen molar-refractivity contribution in [3.63, 3.8) is 0 Å². The van der Waals surface area contributed by atoms with Crippen LogP contribution in [0.5, 0.6) is 0 Å². The molecule has 0 heterocycles. The fraction of sp³-hybridized carbons (Fsp3) is 1.00. The molecule has 0 aromatic rings. The SMILES string of the molecule is CCCC[PH](CCCC)(CCCC)CCCC.Cl. The molecule has 0 aliphatic carbocycles. The molecule has 0 fully saturated rings. The maximum Gasteiger partial charge on any atom is -0.147 e. The van der Waals surface area contributed by atoms with Gasteiger partial charge in [0.1, 0.15) is 0 Å². The van der Waals surface area contributed by atoms with E-state index in [1.165, 1.54) is 51.4 Å². The molecule has 0 amide bonds. The number of hydrogen-bond acceptors (Lipinski definition) is 0. The van der Waals surface area contributed by atoms with Crippen LogP contribution in [0.1, 0.15) is 79.1 Å². The van der Waals surface area contributed by atoms with E-state index in [1.54, 1.807) is 24.6 Å². The topological polar surface area (TPSA) is 0 Å². The van der Waals surface area contributed by atoms with E-state index in [0.29, 0.717) is 0 Å². The molecule has 0 atom stereocenters. The van der Waals surface area contributed by atoms with Gasteiger partial charge in [0.2, 0.25) is 0 Å². The molecule has 0 aromatic heterocycles. The summed E-state index contributed by atoms with van der Waals surface area (Å²) in [7, 11) is -0.879. The molecule has 0 aromatic carbocycles. The first-order valence-corrected chi connectivity index (χ1v) is 11.1. The van der Waals surface area contributed by atoms with Crippen LogP contribution in [0.25, 0.3) is 0 Å². The maximum atomic E-state index is 2.36. The summed E-state index contributed by atoms with van der Waals surface area (Å²) in [5.74, 6) is 0. The minimum absolute atomic E-state index is 0. The van der Waals surface area contributed by atoms with Crippen LogP contribution < -0.4 is 0 Å². The van der Waals surface area contributed by atoms with Crippen LogP contribution in [0.15, 0.2) is 0 Å². The van der Waals surface area contributed by atoms with Crippen LogP contribution in [-0.2, 0) is 0 Å². The summed E-state index contributed by atoms with van der Waals surface area (Å²) in [4.78, 5) is 0. The van der Waals surface area contributed by atoms with Crippen molar-refractivity contribution < 1.29 is 0 Å². The maximum absolute atomic E-state index is 2.36. The second-order valence-corrected chi connectivity index (χ2v) is 10.9. The average molecular weight is 297 g/mol. The van der Waals surface area contributed by atoms with E-state index in [2.05, 4.69) is 27.7 Å². The van der Waals surface area contributed by atoms with E-state index in [0.717, 1.165) is 0 Å². The molecular weight excluding hydrogens is 259 g/mol. The second-order valence-electron chi connectivity index (χ2n) is 5.91. The van der Waals surface area contributed by atoms with Crippen LogP contribution in [0.3, 0.4) is 0 Å². The van der Waals surface area contributed by atoms with Crippen LogP contribution in [-0.4, -0.2) is 24.6 Å². The van der Waals surface area contributed by atoms with Gasteiger partial charge in [-0.1, -0.05) is 0 Å². The van der Waals surface area contributed by atoms with Crippen molar-refractivity contribution in [2.24, 2.45) is 0 Å². The predicted molar refractivity (Wildman–Crippen MR) is 94.7 cm³/mol. The molecular formula is C16H38ClP. The Morgan fingerprint density at radius 2 is 0.722 bits per heavy atom. The Labute approximate surface area is 123 Å². The summed E-state index contributed by atoms with van der Waals surface area (Å²) in [5.41, 5.74) is 0. The number of unbranched alkanes of at least 4 members (excludes halogenated alkanes) is 4. The van der Waals surface area contributed by atoms with Gasteiger partial charge in [0.15, 0.2) is 0 Å². The van der Waals surface area contributed by atoms with Gasteiger partial charge in [0.25, 0.3) is 0 Å². The Bertz CT molecular complexity index is 122. The average Bonchev–Trinajstić information content (AvgIpc) is 2.37. The predicted octanol–water partition coefficient (Wildman–Crippen LogP) is 6.36. The van der Waals surface area contributed by atoms with Crippen molar-refractivity contribution in [2.45, 2.75) is 79.1 Å². The van der Waals surface area contributed by atoms with Crippen LogP contribution in [0.4, 0.5) is 0 Å². The van der Waals surface area contributed by atoms with E-state index in [9.17, 15) is 0 Å². The third-order valence-corrected chi connectivity index (χ3v) is 9.90. The monoisotopic (exact) mass is 296 g/mol. The zero-order valence-corrected chi connectivity index (χ0v) is 15.2. The minimum Gasteiger partial charge on any atom is -0.147 e. The molecule has 0 bridgehead atoms. The zero-order valence-electron chi connectivity index (χ0n) is 13.4. The fourth-order valence-electron chi connectivity index (χ4n) is 2.96. The van der Waals surface area contributed by atoms with Gasteiger partial charge < -0.3 is 0 Å². The van der Waals surface area contributed by atoms with E-state index in [4.69, 9.17) is 0 Å². The first-order valence-electron chi connectivity index (χ1n) is 8.24. The van der Waals surface area contributed by atoms with Gasteiger partial charge in [0.05, 0.1) is 0 Å². The van der Waals surface area contributed by atoms with Gasteiger partial charge in [0, 0.05) is 0 Å². The summed E-state index contributed by atoms with van der Waals surface area (Å²) < 4.78 is 0. The Morgan fingerprint density at radius 3 is 0.889 bits per heavy atom. The van der Waals surface area contributed by atoms with Crippen LogP contribution in [0, 0.1) is 0 Å². The molecule has 2 heteroatoms. The molecule has 0 saturated heterocycles. The van der Waals surface area contributed by atoms with Gasteiger partial charge in [-0.2, -0.15) is 0 Å².